The molecule has 3 unspecified atom stereocenters. The summed E-state index contributed by atoms with van der Waals surface area (Å²) in [5, 5.41) is 20.5. The number of benzene rings is 1. The van der Waals surface area contributed by atoms with E-state index in [1.165, 1.54) is 26.5 Å². The lowest BCUT2D eigenvalue weighted by Gasteiger charge is -2.30. The van der Waals surface area contributed by atoms with Gasteiger partial charge in [-0.25, -0.2) is 4.79 Å². The molecule has 0 radical (unpaired) electrons. The molecule has 2 N–H and O–H groups in total. The van der Waals surface area contributed by atoms with Gasteiger partial charge in [0.05, 0.1) is 31.8 Å². The van der Waals surface area contributed by atoms with Crippen molar-refractivity contribution in [3.05, 3.63) is 23.3 Å². The van der Waals surface area contributed by atoms with Gasteiger partial charge in [0.25, 0.3) is 0 Å². The lowest BCUT2D eigenvalue weighted by molar-refractivity contribution is -0.136. The predicted octanol–water partition coefficient (Wildman–Crippen LogP) is 1.20. The molecule has 0 fully saturated rings. The minimum Gasteiger partial charge on any atom is -0.494 e. The second-order valence-electron chi connectivity index (χ2n) is 4.72. The zero-order chi connectivity index (χ0) is 16.3. The molecular formula is C15H19NO6. The molecule has 0 bridgehead atoms. The molecule has 0 amide bonds. The largest absolute Gasteiger partial charge is 0.494 e. The maximum atomic E-state index is 11.9. The number of hydrogen-bond acceptors (Lipinski definition) is 7. The smallest absolute Gasteiger partial charge is 0.338 e. The Kier molecular flexibility index (Phi) is 5.12. The summed E-state index contributed by atoms with van der Waals surface area (Å²) in [5.41, 5.74) is 0.784. The van der Waals surface area contributed by atoms with Gasteiger partial charge in [0.15, 0.2) is 6.29 Å². The van der Waals surface area contributed by atoms with Crippen molar-refractivity contribution in [1.82, 2.24) is 0 Å². The van der Waals surface area contributed by atoms with Crippen LogP contribution in [-0.4, -0.2) is 49.5 Å². The molecule has 0 saturated heterocycles. The van der Waals surface area contributed by atoms with Crippen LogP contribution in [0.25, 0.3) is 0 Å². The van der Waals surface area contributed by atoms with Crippen LogP contribution < -0.4 is 4.74 Å². The van der Waals surface area contributed by atoms with Gasteiger partial charge in [-0.2, -0.15) is 0 Å². The van der Waals surface area contributed by atoms with Crippen LogP contribution in [0, 0.1) is 5.92 Å². The average Bonchev–Trinajstić information content (AvgIpc) is 2.53. The molecule has 1 aromatic carbocycles. The van der Waals surface area contributed by atoms with Crippen molar-refractivity contribution in [2.45, 2.75) is 19.3 Å². The maximum Gasteiger partial charge on any atom is 0.338 e. The van der Waals surface area contributed by atoms with E-state index in [1.54, 1.807) is 13.0 Å². The molecule has 2 rings (SSSR count). The number of aliphatic hydroxyl groups is 2. The summed E-state index contributed by atoms with van der Waals surface area (Å²) in [4.78, 5) is 16.1. The molecule has 22 heavy (non-hydrogen) atoms. The molecule has 1 aromatic rings. The van der Waals surface area contributed by atoms with E-state index in [1.807, 2.05) is 0 Å². The summed E-state index contributed by atoms with van der Waals surface area (Å²) in [7, 11) is 2.72. The summed E-state index contributed by atoms with van der Waals surface area (Å²) >= 11 is 0. The standard InChI is InChI=1S/C15H19NO6/c1-4-22-15(19)9-7-16-12-10(20-2)6-5-8(14(18)21-3)11(12)13(9)17/h5-7,9,13,15,17,19H,4H2,1-3H3. The Morgan fingerprint density at radius 2 is 2.14 bits per heavy atom. The SMILES string of the molecule is CCOC(O)C1C=Nc2c(OC)ccc(C(=O)OC)c2C1O. The van der Waals surface area contributed by atoms with Crippen LogP contribution in [0.1, 0.15) is 28.9 Å². The lowest BCUT2D eigenvalue weighted by Crippen LogP contribution is -2.33. The van der Waals surface area contributed by atoms with Gasteiger partial charge >= 0.3 is 5.97 Å². The number of aliphatic hydroxyl groups excluding tert-OH is 2. The first kappa shape index (κ1) is 16.4. The summed E-state index contributed by atoms with van der Waals surface area (Å²) in [6.45, 7) is 2.01. The number of carbonyl (C=O) groups excluding carboxylic acids is 1. The number of methoxy groups -OCH3 is 2. The first-order chi connectivity index (χ1) is 10.5. The van der Waals surface area contributed by atoms with Gasteiger partial charge in [0.1, 0.15) is 11.4 Å². The van der Waals surface area contributed by atoms with Crippen molar-refractivity contribution in [2.24, 2.45) is 10.9 Å². The Bertz CT molecular complexity index is 586. The van der Waals surface area contributed by atoms with E-state index in [2.05, 4.69) is 4.99 Å². The molecule has 1 aliphatic heterocycles. The molecule has 0 aromatic heterocycles. The topological polar surface area (TPSA) is 97.6 Å². The van der Waals surface area contributed by atoms with E-state index in [0.717, 1.165) is 0 Å². The summed E-state index contributed by atoms with van der Waals surface area (Å²) in [6.07, 6.45) is -0.997. The maximum absolute atomic E-state index is 11.9. The van der Waals surface area contributed by atoms with Gasteiger partial charge in [0.2, 0.25) is 0 Å². The van der Waals surface area contributed by atoms with Crippen LogP contribution in [0.3, 0.4) is 0 Å². The van der Waals surface area contributed by atoms with Crippen LogP contribution in [0.4, 0.5) is 5.69 Å². The van der Waals surface area contributed by atoms with E-state index in [4.69, 9.17) is 14.2 Å². The predicted molar refractivity (Wildman–Crippen MR) is 78.6 cm³/mol. The molecule has 3 atom stereocenters. The highest BCUT2D eigenvalue weighted by Crippen LogP contribution is 2.43. The number of ether oxygens (including phenoxy) is 3. The van der Waals surface area contributed by atoms with Gasteiger partial charge < -0.3 is 24.4 Å². The van der Waals surface area contributed by atoms with Crippen molar-refractivity contribution in [3.63, 3.8) is 0 Å². The number of rotatable bonds is 5. The molecule has 0 spiro atoms. The van der Waals surface area contributed by atoms with Gasteiger partial charge in [-0.15, -0.1) is 0 Å². The number of fused-ring (bicyclic) bond motifs is 1. The highest BCUT2D eigenvalue weighted by molar-refractivity contribution is 5.95. The van der Waals surface area contributed by atoms with E-state index in [0.29, 0.717) is 11.4 Å². The Morgan fingerprint density at radius 1 is 1.41 bits per heavy atom. The zero-order valence-electron chi connectivity index (χ0n) is 12.6. The number of esters is 1. The van der Waals surface area contributed by atoms with Crippen LogP contribution in [0.2, 0.25) is 0 Å². The normalized spacial score (nSPS) is 21.1. The summed E-state index contributed by atoms with van der Waals surface area (Å²) < 4.78 is 15.0. The average molecular weight is 309 g/mol. The second-order valence-corrected chi connectivity index (χ2v) is 4.72. The zero-order valence-corrected chi connectivity index (χ0v) is 12.6. The minimum atomic E-state index is -1.23. The van der Waals surface area contributed by atoms with Crippen molar-refractivity contribution < 1.29 is 29.2 Å². The molecule has 7 heteroatoms. The quantitative estimate of drug-likeness (QED) is 0.626. The molecule has 0 aliphatic carbocycles. The van der Waals surface area contributed by atoms with Crippen molar-refractivity contribution in [1.29, 1.82) is 0 Å². The molecular weight excluding hydrogens is 290 g/mol. The highest BCUT2D eigenvalue weighted by atomic mass is 16.6. The van der Waals surface area contributed by atoms with E-state index in [9.17, 15) is 15.0 Å². The minimum absolute atomic E-state index is 0.177. The van der Waals surface area contributed by atoms with E-state index >= 15 is 0 Å². The second kappa shape index (κ2) is 6.87. The third-order valence-corrected chi connectivity index (χ3v) is 3.51. The van der Waals surface area contributed by atoms with Crippen molar-refractivity contribution in [2.75, 3.05) is 20.8 Å². The Balaban J connectivity index is 2.52. The third kappa shape index (κ3) is 2.83. The molecule has 1 aliphatic rings. The Hall–Kier alpha value is -1.96. The fraction of sp³-hybridized carbons (Fsp3) is 0.467. The molecule has 120 valence electrons. The monoisotopic (exact) mass is 309 g/mol. The van der Waals surface area contributed by atoms with Crippen LogP contribution in [-0.2, 0) is 9.47 Å². The first-order valence-electron chi connectivity index (χ1n) is 6.86. The molecule has 1 heterocycles. The lowest BCUT2D eigenvalue weighted by atomic mass is 9.88. The van der Waals surface area contributed by atoms with Crippen LogP contribution in [0.15, 0.2) is 17.1 Å². The van der Waals surface area contributed by atoms with E-state index in [-0.39, 0.29) is 17.7 Å². The van der Waals surface area contributed by atoms with Gasteiger partial charge in [-0.05, 0) is 19.1 Å². The highest BCUT2D eigenvalue weighted by Gasteiger charge is 2.36. The Labute approximate surface area is 128 Å². The Morgan fingerprint density at radius 3 is 2.73 bits per heavy atom. The van der Waals surface area contributed by atoms with Gasteiger partial charge in [0, 0.05) is 18.4 Å². The number of hydrogen-bond donors (Lipinski definition) is 2. The summed E-state index contributed by atoms with van der Waals surface area (Å²) in [5.74, 6) is -0.968. The van der Waals surface area contributed by atoms with E-state index < -0.39 is 24.3 Å². The number of nitrogens with zero attached hydrogens (tertiary/aromatic N) is 1. The molecule has 7 nitrogen and oxygen atoms in total. The fourth-order valence-corrected chi connectivity index (χ4v) is 2.42. The molecule has 0 saturated carbocycles. The van der Waals surface area contributed by atoms with Crippen molar-refractivity contribution >= 4 is 17.9 Å². The van der Waals surface area contributed by atoms with Crippen LogP contribution >= 0.6 is 0 Å². The third-order valence-electron chi connectivity index (χ3n) is 3.51. The number of aliphatic imine (C=N–C) groups is 1. The summed E-state index contributed by atoms with van der Waals surface area (Å²) in [6, 6.07) is 3.08. The van der Waals surface area contributed by atoms with Crippen LogP contribution in [0.5, 0.6) is 5.75 Å². The van der Waals surface area contributed by atoms with Gasteiger partial charge in [-0.3, -0.25) is 4.99 Å². The van der Waals surface area contributed by atoms with Crippen molar-refractivity contribution in [3.8, 4) is 5.75 Å². The fourth-order valence-electron chi connectivity index (χ4n) is 2.42. The van der Waals surface area contributed by atoms with Gasteiger partial charge in [-0.1, -0.05) is 0 Å². The number of carbonyl (C=O) groups is 1. The first-order valence-corrected chi connectivity index (χ1v) is 6.86.